The summed E-state index contributed by atoms with van der Waals surface area (Å²) >= 11 is 1.57. The average molecular weight is 239 g/mol. The molecule has 0 radical (unpaired) electrons. The SMILES string of the molecule is CCc1cnc(Cc2ccc(F)cc2F)s1. The molecule has 0 spiro atoms. The highest BCUT2D eigenvalue weighted by atomic mass is 32.1. The second-order valence-corrected chi connectivity index (χ2v) is 4.69. The van der Waals surface area contributed by atoms with E-state index in [4.69, 9.17) is 0 Å². The number of hydrogen-bond acceptors (Lipinski definition) is 2. The molecule has 2 aromatic rings. The Morgan fingerprint density at radius 3 is 2.75 bits per heavy atom. The molecule has 0 aliphatic heterocycles. The standard InChI is InChI=1S/C12H11F2NS/c1-2-10-7-15-12(16-10)5-8-3-4-9(13)6-11(8)14/h3-4,6-7H,2,5H2,1H3. The lowest BCUT2D eigenvalue weighted by atomic mass is 10.1. The van der Waals surface area contributed by atoms with Gasteiger partial charge in [-0.05, 0) is 18.1 Å². The Bertz CT molecular complexity index is 494. The molecule has 84 valence electrons. The van der Waals surface area contributed by atoms with Gasteiger partial charge in [0.15, 0.2) is 0 Å². The normalized spacial score (nSPS) is 10.7. The molecule has 16 heavy (non-hydrogen) atoms. The maximum atomic E-state index is 13.4. The Balaban J connectivity index is 2.20. The molecule has 2 rings (SSSR count). The molecule has 0 aliphatic rings. The van der Waals surface area contributed by atoms with E-state index in [1.807, 2.05) is 0 Å². The van der Waals surface area contributed by atoms with E-state index < -0.39 is 11.6 Å². The van der Waals surface area contributed by atoms with Crippen LogP contribution in [0.2, 0.25) is 0 Å². The minimum Gasteiger partial charge on any atom is -0.249 e. The fourth-order valence-corrected chi connectivity index (χ4v) is 2.31. The Kier molecular flexibility index (Phi) is 3.29. The van der Waals surface area contributed by atoms with Crippen molar-refractivity contribution >= 4 is 11.3 Å². The zero-order valence-electron chi connectivity index (χ0n) is 8.84. The first kappa shape index (κ1) is 11.2. The van der Waals surface area contributed by atoms with Crippen LogP contribution < -0.4 is 0 Å². The summed E-state index contributed by atoms with van der Waals surface area (Å²) in [7, 11) is 0. The predicted molar refractivity (Wildman–Crippen MR) is 60.7 cm³/mol. The van der Waals surface area contributed by atoms with Crippen molar-refractivity contribution in [2.75, 3.05) is 0 Å². The fourth-order valence-electron chi connectivity index (χ4n) is 1.42. The number of hydrogen-bond donors (Lipinski definition) is 0. The highest BCUT2D eigenvalue weighted by molar-refractivity contribution is 7.11. The van der Waals surface area contributed by atoms with Crippen LogP contribution >= 0.6 is 11.3 Å². The van der Waals surface area contributed by atoms with Gasteiger partial charge in [0.05, 0.1) is 5.01 Å². The molecular weight excluding hydrogens is 228 g/mol. The molecule has 1 nitrogen and oxygen atoms in total. The summed E-state index contributed by atoms with van der Waals surface area (Å²) in [4.78, 5) is 5.38. The molecule has 0 saturated heterocycles. The van der Waals surface area contributed by atoms with Gasteiger partial charge in [-0.15, -0.1) is 11.3 Å². The smallest absolute Gasteiger partial charge is 0.129 e. The second kappa shape index (κ2) is 4.70. The van der Waals surface area contributed by atoms with Crippen molar-refractivity contribution in [2.45, 2.75) is 19.8 Å². The van der Waals surface area contributed by atoms with Crippen LogP contribution in [-0.2, 0) is 12.8 Å². The third-order valence-corrected chi connectivity index (χ3v) is 3.45. The topological polar surface area (TPSA) is 12.9 Å². The first-order valence-corrected chi connectivity index (χ1v) is 5.88. The van der Waals surface area contributed by atoms with E-state index in [0.29, 0.717) is 12.0 Å². The minimum absolute atomic E-state index is 0.427. The largest absolute Gasteiger partial charge is 0.249 e. The van der Waals surface area contributed by atoms with E-state index in [9.17, 15) is 8.78 Å². The minimum atomic E-state index is -0.547. The summed E-state index contributed by atoms with van der Waals surface area (Å²) in [6, 6.07) is 3.65. The van der Waals surface area contributed by atoms with Crippen molar-refractivity contribution in [1.82, 2.24) is 4.98 Å². The van der Waals surface area contributed by atoms with Gasteiger partial charge in [0.25, 0.3) is 0 Å². The van der Waals surface area contributed by atoms with E-state index >= 15 is 0 Å². The van der Waals surface area contributed by atoms with Gasteiger partial charge in [0.1, 0.15) is 11.6 Å². The Hall–Kier alpha value is -1.29. The van der Waals surface area contributed by atoms with Gasteiger partial charge in [-0.2, -0.15) is 0 Å². The van der Waals surface area contributed by atoms with Crippen molar-refractivity contribution in [3.05, 3.63) is 51.5 Å². The summed E-state index contributed by atoms with van der Waals surface area (Å²) in [6.45, 7) is 2.05. The number of benzene rings is 1. The van der Waals surface area contributed by atoms with Gasteiger partial charge in [-0.25, -0.2) is 13.8 Å². The van der Waals surface area contributed by atoms with E-state index in [2.05, 4.69) is 11.9 Å². The van der Waals surface area contributed by atoms with Gasteiger partial charge in [-0.1, -0.05) is 13.0 Å². The van der Waals surface area contributed by atoms with Gasteiger partial charge >= 0.3 is 0 Å². The van der Waals surface area contributed by atoms with Crippen LogP contribution in [0.3, 0.4) is 0 Å². The molecule has 0 fully saturated rings. The Morgan fingerprint density at radius 1 is 1.31 bits per heavy atom. The molecule has 0 bridgehead atoms. The summed E-state index contributed by atoms with van der Waals surface area (Å²) in [5, 5.41) is 0.863. The lowest BCUT2D eigenvalue weighted by molar-refractivity contribution is 0.574. The Labute approximate surface area is 96.8 Å². The first-order chi connectivity index (χ1) is 7.69. The highest BCUT2D eigenvalue weighted by Crippen LogP contribution is 2.19. The lowest BCUT2D eigenvalue weighted by Gasteiger charge is -2.00. The molecule has 0 amide bonds. The second-order valence-electron chi connectivity index (χ2n) is 3.49. The monoisotopic (exact) mass is 239 g/mol. The number of nitrogens with zero attached hydrogens (tertiary/aromatic N) is 1. The van der Waals surface area contributed by atoms with E-state index in [-0.39, 0.29) is 0 Å². The molecule has 1 aromatic carbocycles. The third-order valence-electron chi connectivity index (χ3n) is 2.31. The summed E-state index contributed by atoms with van der Waals surface area (Å²) < 4.78 is 26.1. The van der Waals surface area contributed by atoms with Gasteiger partial charge < -0.3 is 0 Å². The maximum Gasteiger partial charge on any atom is 0.129 e. The zero-order chi connectivity index (χ0) is 11.5. The van der Waals surface area contributed by atoms with Crippen LogP contribution in [0.5, 0.6) is 0 Å². The fraction of sp³-hybridized carbons (Fsp3) is 0.250. The summed E-state index contributed by atoms with van der Waals surface area (Å²) in [6.07, 6.45) is 3.17. The molecule has 0 aliphatic carbocycles. The quantitative estimate of drug-likeness (QED) is 0.797. The van der Waals surface area contributed by atoms with Crippen LogP contribution in [0.1, 0.15) is 22.4 Å². The third kappa shape index (κ3) is 2.44. The van der Waals surface area contributed by atoms with Gasteiger partial charge in [-0.3, -0.25) is 0 Å². The van der Waals surface area contributed by atoms with Crippen molar-refractivity contribution < 1.29 is 8.78 Å². The summed E-state index contributed by atoms with van der Waals surface area (Å²) in [5.74, 6) is -1.05. The number of aromatic nitrogens is 1. The van der Waals surface area contributed by atoms with Crippen molar-refractivity contribution in [2.24, 2.45) is 0 Å². The molecule has 4 heteroatoms. The van der Waals surface area contributed by atoms with E-state index in [1.165, 1.54) is 17.0 Å². The maximum absolute atomic E-state index is 13.4. The van der Waals surface area contributed by atoms with E-state index in [1.54, 1.807) is 17.5 Å². The number of halogens is 2. The van der Waals surface area contributed by atoms with Crippen molar-refractivity contribution in [3.63, 3.8) is 0 Å². The van der Waals surface area contributed by atoms with Crippen LogP contribution in [0.25, 0.3) is 0 Å². The van der Waals surface area contributed by atoms with Crippen molar-refractivity contribution in [1.29, 1.82) is 0 Å². The average Bonchev–Trinajstić information content (AvgIpc) is 2.70. The molecule has 0 N–H and O–H groups in total. The first-order valence-electron chi connectivity index (χ1n) is 5.06. The molecule has 0 saturated carbocycles. The lowest BCUT2D eigenvalue weighted by Crippen LogP contribution is -1.92. The summed E-state index contributed by atoms with van der Waals surface area (Å²) in [5.41, 5.74) is 0.485. The van der Waals surface area contributed by atoms with E-state index in [0.717, 1.165) is 17.5 Å². The highest BCUT2D eigenvalue weighted by Gasteiger charge is 2.07. The number of rotatable bonds is 3. The van der Waals surface area contributed by atoms with Crippen LogP contribution in [0, 0.1) is 11.6 Å². The van der Waals surface area contributed by atoms with Crippen LogP contribution in [-0.4, -0.2) is 4.98 Å². The zero-order valence-corrected chi connectivity index (χ0v) is 9.65. The molecule has 1 heterocycles. The molecule has 1 aromatic heterocycles. The van der Waals surface area contributed by atoms with Crippen molar-refractivity contribution in [3.8, 4) is 0 Å². The number of thiazole rings is 1. The van der Waals surface area contributed by atoms with Gasteiger partial charge in [0, 0.05) is 23.6 Å². The van der Waals surface area contributed by atoms with Crippen LogP contribution in [0.4, 0.5) is 8.78 Å². The molecule has 0 atom stereocenters. The molecular formula is C12H11F2NS. The molecule has 0 unspecified atom stereocenters. The number of aryl methyl sites for hydroxylation is 1. The predicted octanol–water partition coefficient (Wildman–Crippen LogP) is 3.57. The van der Waals surface area contributed by atoms with Gasteiger partial charge in [0.2, 0.25) is 0 Å². The van der Waals surface area contributed by atoms with Crippen LogP contribution in [0.15, 0.2) is 24.4 Å². The Morgan fingerprint density at radius 2 is 2.12 bits per heavy atom.